The molecule has 0 spiro atoms. The van der Waals surface area contributed by atoms with E-state index in [1.54, 1.807) is 25.1 Å². The van der Waals surface area contributed by atoms with Gasteiger partial charge in [-0.2, -0.15) is 5.26 Å². The summed E-state index contributed by atoms with van der Waals surface area (Å²) in [7, 11) is 0. The van der Waals surface area contributed by atoms with Crippen molar-refractivity contribution in [3.8, 4) is 11.8 Å². The maximum atomic E-state index is 12.6. The Labute approximate surface area is 126 Å². The maximum absolute atomic E-state index is 12.6. The van der Waals surface area contributed by atoms with Crippen LogP contribution >= 0.6 is 11.6 Å². The van der Waals surface area contributed by atoms with Gasteiger partial charge in [-0.05, 0) is 24.5 Å². The fraction of sp³-hybridized carbons (Fsp3) is 0.267. The van der Waals surface area contributed by atoms with E-state index in [9.17, 15) is 14.9 Å². The molecule has 6 heteroatoms. The third kappa shape index (κ3) is 2.50. The van der Waals surface area contributed by atoms with Crippen molar-refractivity contribution in [1.82, 2.24) is 9.55 Å². The lowest BCUT2D eigenvalue weighted by Crippen LogP contribution is -2.37. The van der Waals surface area contributed by atoms with Gasteiger partial charge in [-0.25, -0.2) is 9.36 Å². The number of benzene rings is 1. The van der Waals surface area contributed by atoms with E-state index in [0.29, 0.717) is 16.7 Å². The van der Waals surface area contributed by atoms with E-state index in [1.165, 1.54) is 0 Å². The molecule has 21 heavy (non-hydrogen) atoms. The first-order chi connectivity index (χ1) is 9.88. The lowest BCUT2D eigenvalue weighted by atomic mass is 10.1. The van der Waals surface area contributed by atoms with E-state index in [4.69, 9.17) is 11.6 Å². The first-order valence-corrected chi connectivity index (χ1v) is 6.81. The summed E-state index contributed by atoms with van der Waals surface area (Å²) in [5.41, 5.74) is 0.422. The Balaban J connectivity index is 2.94. The molecular formula is C15H14ClN3O2. The summed E-state index contributed by atoms with van der Waals surface area (Å²) in [6, 6.07) is 7.05. The summed E-state index contributed by atoms with van der Waals surface area (Å²) in [5, 5.41) is 9.32. The number of hydrogen-bond donors (Lipinski definition) is 1. The van der Waals surface area contributed by atoms with Gasteiger partial charge < -0.3 is 0 Å². The van der Waals surface area contributed by atoms with Crippen LogP contribution in [0.5, 0.6) is 0 Å². The molecule has 0 bridgehead atoms. The average molecular weight is 304 g/mol. The van der Waals surface area contributed by atoms with Crippen LogP contribution in [0.4, 0.5) is 0 Å². The van der Waals surface area contributed by atoms with Crippen molar-refractivity contribution < 1.29 is 0 Å². The number of nitrogens with one attached hydrogen (secondary N) is 1. The molecule has 0 aliphatic rings. The van der Waals surface area contributed by atoms with Gasteiger partial charge in [0.05, 0.1) is 16.8 Å². The minimum absolute atomic E-state index is 0.0439. The van der Waals surface area contributed by atoms with Crippen LogP contribution in [0, 0.1) is 18.3 Å². The molecule has 0 atom stereocenters. The molecule has 0 amide bonds. The van der Waals surface area contributed by atoms with Crippen molar-refractivity contribution in [3.05, 3.63) is 60.9 Å². The molecule has 1 aromatic heterocycles. The number of aromatic nitrogens is 2. The number of nitriles is 1. The highest BCUT2D eigenvalue weighted by atomic mass is 35.5. The average Bonchev–Trinajstić information content (AvgIpc) is 2.37. The zero-order valence-electron chi connectivity index (χ0n) is 11.9. The number of rotatable bonds is 2. The normalized spacial score (nSPS) is 10.7. The van der Waals surface area contributed by atoms with Gasteiger partial charge in [0.1, 0.15) is 11.2 Å². The minimum Gasteiger partial charge on any atom is -0.297 e. The topological polar surface area (TPSA) is 78.7 Å². The Morgan fingerprint density at radius 1 is 1.33 bits per heavy atom. The number of halogens is 1. The summed E-state index contributed by atoms with van der Waals surface area (Å²) in [5.74, 6) is -0.150. The molecule has 5 nitrogen and oxygen atoms in total. The minimum atomic E-state index is -0.656. The Morgan fingerprint density at radius 2 is 2.00 bits per heavy atom. The zero-order valence-corrected chi connectivity index (χ0v) is 12.7. The molecular weight excluding hydrogens is 290 g/mol. The van der Waals surface area contributed by atoms with Gasteiger partial charge in [0.2, 0.25) is 0 Å². The summed E-state index contributed by atoms with van der Waals surface area (Å²) < 4.78 is 0.965. The number of H-pyrrole nitrogens is 1. The van der Waals surface area contributed by atoms with Gasteiger partial charge in [-0.15, -0.1) is 0 Å². The van der Waals surface area contributed by atoms with Crippen LogP contribution in [0.15, 0.2) is 27.8 Å². The first-order valence-electron chi connectivity index (χ1n) is 6.43. The molecule has 0 saturated carbocycles. The first kappa shape index (κ1) is 15.1. The number of aryl methyl sites for hydroxylation is 1. The Morgan fingerprint density at radius 3 is 2.57 bits per heavy atom. The second-order valence-electron chi connectivity index (χ2n) is 5.03. The van der Waals surface area contributed by atoms with E-state index >= 15 is 0 Å². The highest BCUT2D eigenvalue weighted by molar-refractivity contribution is 6.30. The molecule has 0 aliphatic carbocycles. The van der Waals surface area contributed by atoms with E-state index < -0.39 is 11.2 Å². The monoisotopic (exact) mass is 303 g/mol. The Kier molecular flexibility index (Phi) is 4.01. The SMILES string of the molecule is Cc1cccc(-n2c(=O)[nH]c(Cl)c(C(C)C)c2=O)c1C#N. The van der Waals surface area contributed by atoms with Crippen molar-refractivity contribution in [3.63, 3.8) is 0 Å². The molecule has 1 aromatic carbocycles. The molecule has 0 radical (unpaired) electrons. The second-order valence-corrected chi connectivity index (χ2v) is 5.41. The smallest absolute Gasteiger partial charge is 0.297 e. The van der Waals surface area contributed by atoms with Crippen LogP contribution in [0.2, 0.25) is 5.15 Å². The largest absolute Gasteiger partial charge is 0.334 e. The van der Waals surface area contributed by atoms with Crippen LogP contribution in [0.25, 0.3) is 5.69 Å². The summed E-state index contributed by atoms with van der Waals surface area (Å²) in [6.07, 6.45) is 0. The Hall–Kier alpha value is -2.32. The predicted molar refractivity (Wildman–Crippen MR) is 81.2 cm³/mol. The molecule has 2 aromatic rings. The number of hydrogen-bond acceptors (Lipinski definition) is 3. The number of nitrogens with zero attached hydrogens (tertiary/aromatic N) is 2. The van der Waals surface area contributed by atoms with E-state index in [0.717, 1.165) is 4.57 Å². The van der Waals surface area contributed by atoms with Crippen LogP contribution < -0.4 is 11.2 Å². The highest BCUT2D eigenvalue weighted by Gasteiger charge is 2.18. The van der Waals surface area contributed by atoms with Crippen molar-refractivity contribution in [1.29, 1.82) is 5.26 Å². The molecule has 0 aliphatic heterocycles. The van der Waals surface area contributed by atoms with Gasteiger partial charge in [0.15, 0.2) is 0 Å². The lowest BCUT2D eigenvalue weighted by Gasteiger charge is -2.13. The third-order valence-electron chi connectivity index (χ3n) is 3.27. The molecule has 1 N–H and O–H groups in total. The van der Waals surface area contributed by atoms with E-state index in [2.05, 4.69) is 4.98 Å². The van der Waals surface area contributed by atoms with Gasteiger partial charge in [0.25, 0.3) is 5.56 Å². The summed E-state index contributed by atoms with van der Waals surface area (Å²) >= 11 is 5.96. The standard InChI is InChI=1S/C15H14ClN3O2/c1-8(2)12-13(16)18-15(21)19(14(12)20)11-6-4-5-9(3)10(11)7-17/h4-6,8H,1-3H3,(H,18,21). The second kappa shape index (κ2) is 5.58. The van der Waals surface area contributed by atoms with Gasteiger partial charge >= 0.3 is 5.69 Å². The quantitative estimate of drug-likeness (QED) is 0.866. The van der Waals surface area contributed by atoms with Crippen molar-refractivity contribution in [2.45, 2.75) is 26.7 Å². The highest BCUT2D eigenvalue weighted by Crippen LogP contribution is 2.19. The molecule has 1 heterocycles. The van der Waals surface area contributed by atoms with Crippen molar-refractivity contribution in [2.75, 3.05) is 0 Å². The maximum Gasteiger partial charge on any atom is 0.334 e. The van der Waals surface area contributed by atoms with Gasteiger partial charge in [-0.1, -0.05) is 37.6 Å². The molecule has 0 fully saturated rings. The lowest BCUT2D eigenvalue weighted by molar-refractivity contribution is 0.776. The van der Waals surface area contributed by atoms with Crippen LogP contribution in [-0.4, -0.2) is 9.55 Å². The summed E-state index contributed by atoms with van der Waals surface area (Å²) in [4.78, 5) is 27.2. The Bertz CT molecular complexity index is 857. The number of aromatic amines is 1. The van der Waals surface area contributed by atoms with Crippen LogP contribution in [-0.2, 0) is 0 Å². The fourth-order valence-electron chi connectivity index (χ4n) is 2.23. The van der Waals surface area contributed by atoms with Gasteiger partial charge in [0, 0.05) is 0 Å². The third-order valence-corrected chi connectivity index (χ3v) is 3.57. The molecule has 2 rings (SSSR count). The fourth-order valence-corrected chi connectivity index (χ4v) is 2.61. The van der Waals surface area contributed by atoms with Crippen LogP contribution in [0.1, 0.15) is 36.5 Å². The van der Waals surface area contributed by atoms with Crippen molar-refractivity contribution in [2.24, 2.45) is 0 Å². The van der Waals surface area contributed by atoms with E-state index in [-0.39, 0.29) is 16.8 Å². The predicted octanol–water partition coefficient (Wildman–Crippen LogP) is 2.48. The van der Waals surface area contributed by atoms with Gasteiger partial charge in [-0.3, -0.25) is 9.78 Å². The molecule has 0 saturated heterocycles. The molecule has 0 unspecified atom stereocenters. The zero-order chi connectivity index (χ0) is 15.7. The van der Waals surface area contributed by atoms with Crippen LogP contribution in [0.3, 0.4) is 0 Å². The van der Waals surface area contributed by atoms with E-state index in [1.807, 2.05) is 19.9 Å². The van der Waals surface area contributed by atoms with Crippen molar-refractivity contribution >= 4 is 11.6 Å². The summed E-state index contributed by atoms with van der Waals surface area (Å²) in [6.45, 7) is 5.37. The molecule has 108 valence electrons.